The minimum Gasteiger partial charge on any atom is -0.495 e. The van der Waals surface area contributed by atoms with Gasteiger partial charge in [0.1, 0.15) is 5.75 Å². The summed E-state index contributed by atoms with van der Waals surface area (Å²) in [5.74, 6) is -1.65. The van der Waals surface area contributed by atoms with Crippen molar-refractivity contribution in [3.8, 4) is 22.6 Å². The van der Waals surface area contributed by atoms with E-state index in [2.05, 4.69) is 57.2 Å². The molecule has 0 radical (unpaired) electrons. The first-order chi connectivity index (χ1) is 36.4. The summed E-state index contributed by atoms with van der Waals surface area (Å²) in [6.07, 6.45) is 5.99. The fraction of sp³-hybridized carbons (Fsp3) is 0.397. The number of hydrogen-bond donors (Lipinski definition) is 4. The van der Waals surface area contributed by atoms with Crippen LogP contribution in [-0.2, 0) is 27.4 Å². The molecule has 5 aromatic rings. The van der Waals surface area contributed by atoms with Crippen molar-refractivity contribution < 1.29 is 42.6 Å². The van der Waals surface area contributed by atoms with E-state index in [0.29, 0.717) is 68.3 Å². The van der Waals surface area contributed by atoms with E-state index in [1.165, 1.54) is 24.1 Å². The number of carbonyl (C=O) groups excluding carboxylic acids is 5. The molecule has 9 rings (SSSR count). The van der Waals surface area contributed by atoms with Crippen molar-refractivity contribution >= 4 is 46.9 Å². The van der Waals surface area contributed by atoms with E-state index in [1.807, 2.05) is 35.2 Å². The fourth-order valence-corrected chi connectivity index (χ4v) is 10.9. The maximum absolute atomic E-state index is 16.5. The number of carbonyl (C=O) groups is 5. The van der Waals surface area contributed by atoms with Crippen LogP contribution < -0.4 is 36.1 Å². The standard InChI is InChI=1S/C58H65ClFN7O8/c1-73-50-21-16-42(33-49(50)67-25-23-52(68)64-58(67)72)57(71)66-28-26-65(27-29-66)36-38-11-9-37(10-12-38)34-63-56(70)40-13-17-43(18-14-40)62-35-47(39-6-3-2-4-7-39)41-15-20-48(59)46(32-41)53-45(55(61)69)19-22-51(54(53)60)75-31-24-44-8-5-30-74-44/h2-4,6-7,9-12,15-16,19-22,32-33,40,43-44,47,62H,5,8,13-14,17-18,23-31,34-36H2,1H3,(H2,61,69)(H,63,70)(H,64,68,72). The topological polar surface area (TPSA) is 185 Å². The Balaban J connectivity index is 0.744. The number of ether oxygens (including phenoxy) is 3. The number of imide groups is 1. The van der Waals surface area contributed by atoms with Gasteiger partial charge in [0.25, 0.3) is 5.91 Å². The molecule has 2 atom stereocenters. The Labute approximate surface area is 442 Å². The van der Waals surface area contributed by atoms with Crippen molar-refractivity contribution in [3.05, 3.63) is 147 Å². The van der Waals surface area contributed by atoms with Crippen molar-refractivity contribution in [2.45, 2.75) is 82.5 Å². The number of piperazine rings is 1. The third-order valence-electron chi connectivity index (χ3n) is 15.0. The summed E-state index contributed by atoms with van der Waals surface area (Å²) in [6.45, 7) is 5.42. The van der Waals surface area contributed by atoms with Gasteiger partial charge in [-0.1, -0.05) is 72.3 Å². The highest BCUT2D eigenvalue weighted by Gasteiger charge is 2.31. The molecule has 0 aromatic heterocycles. The number of nitrogens with two attached hydrogens (primary N) is 1. The number of anilines is 1. The molecule has 0 spiro atoms. The van der Waals surface area contributed by atoms with Crippen LogP contribution in [0.25, 0.3) is 11.1 Å². The summed E-state index contributed by atoms with van der Waals surface area (Å²) in [7, 11) is 1.50. The Morgan fingerprint density at radius 2 is 1.60 bits per heavy atom. The highest BCUT2D eigenvalue weighted by molar-refractivity contribution is 6.33. The van der Waals surface area contributed by atoms with Crippen LogP contribution >= 0.6 is 11.6 Å². The van der Waals surface area contributed by atoms with Crippen molar-refractivity contribution in [2.24, 2.45) is 11.7 Å². The van der Waals surface area contributed by atoms with Crippen LogP contribution in [-0.4, -0.2) is 111 Å². The zero-order valence-corrected chi connectivity index (χ0v) is 43.0. The van der Waals surface area contributed by atoms with Crippen molar-refractivity contribution in [1.29, 1.82) is 0 Å². The van der Waals surface area contributed by atoms with Gasteiger partial charge in [-0.25, -0.2) is 9.18 Å². The molecule has 4 aliphatic rings. The van der Waals surface area contributed by atoms with Crippen LogP contribution in [0.15, 0.2) is 103 Å². The van der Waals surface area contributed by atoms with Gasteiger partial charge in [0.05, 0.1) is 31.1 Å². The molecule has 5 N–H and O–H groups in total. The maximum atomic E-state index is 16.5. The van der Waals surface area contributed by atoms with E-state index in [-0.39, 0.29) is 83.2 Å². The lowest BCUT2D eigenvalue weighted by Crippen LogP contribution is -2.50. The number of methoxy groups -OCH3 is 1. The lowest BCUT2D eigenvalue weighted by atomic mass is 9.84. The molecule has 2 unspecified atom stereocenters. The summed E-state index contributed by atoms with van der Waals surface area (Å²) < 4.78 is 33.5. The van der Waals surface area contributed by atoms with Crippen LogP contribution in [0.5, 0.6) is 11.5 Å². The quantitative estimate of drug-likeness (QED) is 0.0629. The molecule has 4 fully saturated rings. The Hall–Kier alpha value is -6.85. The molecular weight excluding hydrogens is 977 g/mol. The molecule has 394 valence electrons. The van der Waals surface area contributed by atoms with Crippen LogP contribution in [0.1, 0.15) is 100 Å². The second kappa shape index (κ2) is 24.7. The summed E-state index contributed by atoms with van der Waals surface area (Å²) in [5, 5.41) is 9.56. The SMILES string of the molecule is COc1ccc(C(=O)N2CCN(Cc3ccc(CNC(=O)C4CCC(NCC(c5ccccc5)c5ccc(Cl)c(-c6c(C(N)=O)ccc(OCCC7CCCO7)c6F)c5)CC4)cc3)CC2)cc1N1CCC(=O)NC1=O. The minimum atomic E-state index is -0.773. The highest BCUT2D eigenvalue weighted by Crippen LogP contribution is 2.40. The third-order valence-corrected chi connectivity index (χ3v) is 15.3. The van der Waals surface area contributed by atoms with Gasteiger partial charge in [-0.15, -0.1) is 0 Å². The van der Waals surface area contributed by atoms with E-state index < -0.39 is 17.8 Å². The maximum Gasteiger partial charge on any atom is 0.328 e. The first kappa shape index (κ1) is 53.0. The van der Waals surface area contributed by atoms with Gasteiger partial charge in [-0.3, -0.25) is 34.3 Å². The number of benzene rings is 5. The summed E-state index contributed by atoms with van der Waals surface area (Å²) in [6, 6.07) is 31.5. The van der Waals surface area contributed by atoms with E-state index in [4.69, 9.17) is 31.5 Å². The first-order valence-corrected chi connectivity index (χ1v) is 26.4. The smallest absolute Gasteiger partial charge is 0.328 e. The Bertz CT molecular complexity index is 2850. The molecule has 15 nitrogen and oxygen atoms in total. The predicted octanol–water partition coefficient (Wildman–Crippen LogP) is 8.20. The van der Waals surface area contributed by atoms with Gasteiger partial charge in [0.15, 0.2) is 11.6 Å². The molecular formula is C58H65ClFN7O8. The van der Waals surface area contributed by atoms with Gasteiger partial charge < -0.3 is 35.5 Å². The Kier molecular flexibility index (Phi) is 17.4. The monoisotopic (exact) mass is 1040 g/mol. The van der Waals surface area contributed by atoms with E-state index in [9.17, 15) is 24.0 Å². The molecule has 6 amide bonds. The molecule has 17 heteroatoms. The second-order valence-electron chi connectivity index (χ2n) is 19.8. The van der Waals surface area contributed by atoms with Crippen molar-refractivity contribution in [3.63, 3.8) is 0 Å². The molecule has 0 bridgehead atoms. The highest BCUT2D eigenvalue weighted by atomic mass is 35.5. The van der Waals surface area contributed by atoms with E-state index in [1.54, 1.807) is 24.3 Å². The number of nitrogens with zero attached hydrogens (tertiary/aromatic N) is 3. The van der Waals surface area contributed by atoms with Gasteiger partial charge in [0.2, 0.25) is 17.7 Å². The Morgan fingerprint density at radius 3 is 2.31 bits per heavy atom. The molecule has 3 saturated heterocycles. The van der Waals surface area contributed by atoms with Gasteiger partial charge in [-0.05, 0) is 103 Å². The first-order valence-electron chi connectivity index (χ1n) is 26.0. The Morgan fingerprint density at radius 1 is 0.853 bits per heavy atom. The number of primary amides is 1. The number of hydrogen-bond acceptors (Lipinski definition) is 10. The molecule has 3 heterocycles. The predicted molar refractivity (Wildman–Crippen MR) is 284 cm³/mol. The molecule has 3 aliphatic heterocycles. The summed E-state index contributed by atoms with van der Waals surface area (Å²) in [4.78, 5) is 69.6. The zero-order valence-electron chi connectivity index (χ0n) is 42.3. The largest absolute Gasteiger partial charge is 0.495 e. The van der Waals surface area contributed by atoms with Crippen molar-refractivity contribution in [1.82, 2.24) is 25.8 Å². The van der Waals surface area contributed by atoms with Crippen molar-refractivity contribution in [2.75, 3.05) is 64.5 Å². The van der Waals surface area contributed by atoms with E-state index >= 15 is 4.39 Å². The lowest BCUT2D eigenvalue weighted by Gasteiger charge is -2.35. The number of rotatable bonds is 19. The minimum absolute atomic E-state index is 0.00703. The molecule has 5 aromatic carbocycles. The number of urea groups is 1. The van der Waals surface area contributed by atoms with Crippen LogP contribution in [0, 0.1) is 11.7 Å². The molecule has 75 heavy (non-hydrogen) atoms. The van der Waals surface area contributed by atoms with Crippen LogP contribution in [0.3, 0.4) is 0 Å². The summed E-state index contributed by atoms with van der Waals surface area (Å²) >= 11 is 6.81. The van der Waals surface area contributed by atoms with Gasteiger partial charge in [0, 0.05) is 111 Å². The average molecular weight is 1040 g/mol. The number of nitrogens with one attached hydrogen (secondary N) is 3. The third kappa shape index (κ3) is 13.0. The molecule has 1 saturated carbocycles. The molecule has 1 aliphatic carbocycles. The lowest BCUT2D eigenvalue weighted by molar-refractivity contribution is -0.126. The zero-order chi connectivity index (χ0) is 52.4. The average Bonchev–Trinajstić information content (AvgIpc) is 3.96. The number of halogens is 2. The van der Waals surface area contributed by atoms with Crippen LogP contribution in [0.4, 0.5) is 14.9 Å². The van der Waals surface area contributed by atoms with E-state index in [0.717, 1.165) is 73.9 Å². The second-order valence-corrected chi connectivity index (χ2v) is 20.2. The van der Waals surface area contributed by atoms with Crippen LogP contribution in [0.2, 0.25) is 5.02 Å². The fourth-order valence-electron chi connectivity index (χ4n) is 10.7. The van der Waals surface area contributed by atoms with Gasteiger partial charge in [-0.2, -0.15) is 0 Å². The normalized spacial score (nSPS) is 19.6. The van der Waals surface area contributed by atoms with Gasteiger partial charge >= 0.3 is 6.03 Å². The number of amides is 6. The summed E-state index contributed by atoms with van der Waals surface area (Å²) in [5.41, 5.74) is 11.2.